The van der Waals surface area contributed by atoms with Crippen molar-refractivity contribution in [3.63, 3.8) is 0 Å². The number of aliphatic hydroxyl groups is 1. The van der Waals surface area contributed by atoms with Gasteiger partial charge in [-0.25, -0.2) is 0 Å². The summed E-state index contributed by atoms with van der Waals surface area (Å²) in [6, 6.07) is 3.87. The Hall–Kier alpha value is -1.72. The van der Waals surface area contributed by atoms with Crippen LogP contribution < -0.4 is 0 Å². The van der Waals surface area contributed by atoms with Crippen LogP contribution in [0.4, 0.5) is 0 Å². The van der Waals surface area contributed by atoms with Crippen molar-refractivity contribution in [1.82, 2.24) is 9.88 Å². The van der Waals surface area contributed by atoms with E-state index in [2.05, 4.69) is 4.98 Å². The maximum atomic E-state index is 13.0. The first kappa shape index (κ1) is 16.7. The van der Waals surface area contributed by atoms with Crippen LogP contribution >= 0.6 is 11.3 Å². The Morgan fingerprint density at radius 2 is 2.04 bits per heavy atom. The number of hydrogen-bond acceptors (Lipinski definition) is 4. The summed E-state index contributed by atoms with van der Waals surface area (Å²) < 4.78 is 0. The van der Waals surface area contributed by atoms with E-state index >= 15 is 0 Å². The Labute approximate surface area is 152 Å². The molecule has 1 saturated heterocycles. The SMILES string of the molecule is Cc1cccnc1C1(O)CCN(C(=O)c2csc3c2CCCC3)CC1. The van der Waals surface area contributed by atoms with Gasteiger partial charge in [-0.1, -0.05) is 6.07 Å². The molecule has 4 rings (SSSR count). The van der Waals surface area contributed by atoms with E-state index in [0.29, 0.717) is 25.9 Å². The molecule has 4 nitrogen and oxygen atoms in total. The van der Waals surface area contributed by atoms with E-state index in [4.69, 9.17) is 0 Å². The molecule has 2 aromatic heterocycles. The van der Waals surface area contributed by atoms with Crippen LogP contribution in [-0.2, 0) is 18.4 Å². The average molecular weight is 356 g/mol. The Morgan fingerprint density at radius 3 is 2.80 bits per heavy atom. The summed E-state index contributed by atoms with van der Waals surface area (Å²) in [6.07, 6.45) is 7.39. The largest absolute Gasteiger partial charge is 0.383 e. The third-order valence-electron chi connectivity index (χ3n) is 5.62. The maximum Gasteiger partial charge on any atom is 0.254 e. The number of piperidine rings is 1. The maximum absolute atomic E-state index is 13.0. The van der Waals surface area contributed by atoms with Gasteiger partial charge in [0.1, 0.15) is 5.60 Å². The highest BCUT2D eigenvalue weighted by atomic mass is 32.1. The molecule has 0 spiro atoms. The zero-order valence-corrected chi connectivity index (χ0v) is 15.4. The molecular formula is C20H24N2O2S. The molecule has 0 saturated carbocycles. The Balaban J connectivity index is 1.49. The second-order valence-electron chi connectivity index (χ2n) is 7.25. The highest BCUT2D eigenvalue weighted by Crippen LogP contribution is 2.35. The number of carbonyl (C=O) groups is 1. The van der Waals surface area contributed by atoms with E-state index in [-0.39, 0.29) is 5.91 Å². The fourth-order valence-electron chi connectivity index (χ4n) is 4.13. The summed E-state index contributed by atoms with van der Waals surface area (Å²) in [5.74, 6) is 0.138. The van der Waals surface area contributed by atoms with Gasteiger partial charge in [-0.15, -0.1) is 11.3 Å². The molecule has 0 atom stereocenters. The van der Waals surface area contributed by atoms with Gasteiger partial charge in [0.25, 0.3) is 5.91 Å². The number of thiophene rings is 1. The molecule has 1 aliphatic carbocycles. The lowest BCUT2D eigenvalue weighted by Gasteiger charge is -2.38. The number of likely N-dealkylation sites (tertiary alicyclic amines) is 1. The molecule has 0 bridgehead atoms. The fraction of sp³-hybridized carbons (Fsp3) is 0.500. The number of pyridine rings is 1. The number of carbonyl (C=O) groups excluding carboxylic acids is 1. The molecule has 0 aromatic carbocycles. The second kappa shape index (κ2) is 6.54. The van der Waals surface area contributed by atoms with Crippen molar-refractivity contribution in [3.05, 3.63) is 51.0 Å². The Morgan fingerprint density at radius 1 is 1.28 bits per heavy atom. The Kier molecular flexibility index (Phi) is 4.38. The molecular weight excluding hydrogens is 332 g/mol. The number of rotatable bonds is 2. The first-order chi connectivity index (χ1) is 12.1. The summed E-state index contributed by atoms with van der Waals surface area (Å²) in [7, 11) is 0. The summed E-state index contributed by atoms with van der Waals surface area (Å²) in [4.78, 5) is 20.7. The number of amides is 1. The monoisotopic (exact) mass is 356 g/mol. The molecule has 5 heteroatoms. The van der Waals surface area contributed by atoms with E-state index < -0.39 is 5.60 Å². The standard InChI is InChI=1S/C20H24N2O2S/c1-14-5-4-10-21-18(14)20(24)8-11-22(12-9-20)19(23)16-13-25-17-7-3-2-6-15(16)17/h4-5,10,13,24H,2-3,6-9,11-12H2,1H3. The van der Waals surface area contributed by atoms with Crippen molar-refractivity contribution in [2.24, 2.45) is 0 Å². The predicted octanol–water partition coefficient (Wildman–Crippen LogP) is 3.45. The van der Waals surface area contributed by atoms with E-state index in [1.54, 1.807) is 17.5 Å². The normalized spacial score (nSPS) is 19.5. The summed E-state index contributed by atoms with van der Waals surface area (Å²) >= 11 is 1.74. The molecule has 2 aliphatic rings. The van der Waals surface area contributed by atoms with Gasteiger partial charge in [-0.3, -0.25) is 9.78 Å². The van der Waals surface area contributed by atoms with Crippen molar-refractivity contribution in [1.29, 1.82) is 0 Å². The summed E-state index contributed by atoms with van der Waals surface area (Å²) in [5.41, 5.74) is 3.03. The topological polar surface area (TPSA) is 53.4 Å². The number of fused-ring (bicyclic) bond motifs is 1. The number of nitrogens with zero attached hydrogens (tertiary/aromatic N) is 2. The van der Waals surface area contributed by atoms with Crippen LogP contribution in [0.15, 0.2) is 23.7 Å². The Bertz CT molecular complexity index is 791. The van der Waals surface area contributed by atoms with E-state index in [1.807, 2.05) is 29.3 Å². The zero-order chi connectivity index (χ0) is 17.4. The molecule has 1 N–H and O–H groups in total. The minimum absolute atomic E-state index is 0.138. The highest BCUT2D eigenvalue weighted by molar-refractivity contribution is 7.10. The first-order valence-electron chi connectivity index (χ1n) is 9.11. The fourth-order valence-corrected chi connectivity index (χ4v) is 5.25. The van der Waals surface area contributed by atoms with Crippen LogP contribution in [0.2, 0.25) is 0 Å². The van der Waals surface area contributed by atoms with Crippen LogP contribution in [0, 0.1) is 6.92 Å². The molecule has 1 aliphatic heterocycles. The lowest BCUT2D eigenvalue weighted by atomic mass is 9.85. The number of aromatic nitrogens is 1. The van der Waals surface area contributed by atoms with Crippen molar-refractivity contribution >= 4 is 17.2 Å². The van der Waals surface area contributed by atoms with Crippen LogP contribution in [-0.4, -0.2) is 34.0 Å². The minimum Gasteiger partial charge on any atom is -0.383 e. The van der Waals surface area contributed by atoms with Gasteiger partial charge in [0.2, 0.25) is 0 Å². The molecule has 25 heavy (non-hydrogen) atoms. The number of aryl methyl sites for hydroxylation is 2. The van der Waals surface area contributed by atoms with Gasteiger partial charge >= 0.3 is 0 Å². The third-order valence-corrected chi connectivity index (χ3v) is 6.71. The summed E-state index contributed by atoms with van der Waals surface area (Å²) in [5, 5.41) is 13.1. The van der Waals surface area contributed by atoms with Crippen molar-refractivity contribution in [2.45, 2.75) is 51.0 Å². The van der Waals surface area contributed by atoms with Gasteiger partial charge < -0.3 is 10.0 Å². The smallest absolute Gasteiger partial charge is 0.254 e. The van der Waals surface area contributed by atoms with Crippen LogP contribution in [0.25, 0.3) is 0 Å². The third kappa shape index (κ3) is 3.00. The first-order valence-corrected chi connectivity index (χ1v) is 9.99. The van der Waals surface area contributed by atoms with E-state index in [9.17, 15) is 9.90 Å². The number of hydrogen-bond donors (Lipinski definition) is 1. The van der Waals surface area contributed by atoms with Gasteiger partial charge in [-0.2, -0.15) is 0 Å². The lowest BCUT2D eigenvalue weighted by molar-refractivity contribution is -0.0249. The van der Waals surface area contributed by atoms with E-state index in [1.165, 1.54) is 23.3 Å². The van der Waals surface area contributed by atoms with Crippen molar-refractivity contribution in [3.8, 4) is 0 Å². The molecule has 0 radical (unpaired) electrons. The van der Waals surface area contributed by atoms with Gasteiger partial charge in [0, 0.05) is 29.5 Å². The zero-order valence-electron chi connectivity index (χ0n) is 14.6. The van der Waals surface area contributed by atoms with Crippen LogP contribution in [0.1, 0.15) is 57.7 Å². The predicted molar refractivity (Wildman–Crippen MR) is 99.0 cm³/mol. The summed E-state index contributed by atoms with van der Waals surface area (Å²) in [6.45, 7) is 3.14. The van der Waals surface area contributed by atoms with Crippen LogP contribution in [0.5, 0.6) is 0 Å². The molecule has 2 aromatic rings. The van der Waals surface area contributed by atoms with Crippen molar-refractivity contribution < 1.29 is 9.90 Å². The molecule has 132 valence electrons. The molecule has 1 fully saturated rings. The van der Waals surface area contributed by atoms with Gasteiger partial charge in [0.05, 0.1) is 11.3 Å². The highest BCUT2D eigenvalue weighted by Gasteiger charge is 2.38. The van der Waals surface area contributed by atoms with Crippen molar-refractivity contribution in [2.75, 3.05) is 13.1 Å². The molecule has 1 amide bonds. The van der Waals surface area contributed by atoms with Gasteiger partial charge in [-0.05, 0) is 62.6 Å². The van der Waals surface area contributed by atoms with E-state index in [0.717, 1.165) is 29.7 Å². The minimum atomic E-state index is -0.920. The van der Waals surface area contributed by atoms with Gasteiger partial charge in [0.15, 0.2) is 0 Å². The van der Waals surface area contributed by atoms with Crippen LogP contribution in [0.3, 0.4) is 0 Å². The second-order valence-corrected chi connectivity index (χ2v) is 8.22. The quantitative estimate of drug-likeness (QED) is 0.897. The molecule has 3 heterocycles. The average Bonchev–Trinajstić information content (AvgIpc) is 3.06. The lowest BCUT2D eigenvalue weighted by Crippen LogP contribution is -2.46. The molecule has 0 unspecified atom stereocenters.